The minimum Gasteiger partial charge on any atom is -0.491 e. The number of anilines is 1. The quantitative estimate of drug-likeness (QED) is 0.0685. The number of carbonyl (C=O) groups is 4. The second-order valence-electron chi connectivity index (χ2n) is 17.1. The van der Waals surface area contributed by atoms with Gasteiger partial charge in [0, 0.05) is 17.7 Å². The minimum absolute atomic E-state index is 0.0310. The summed E-state index contributed by atoms with van der Waals surface area (Å²) in [7, 11) is 0. The average Bonchev–Trinajstić information content (AvgIpc) is 3.81. The Morgan fingerprint density at radius 3 is 2.29 bits per heavy atom. The molecular weight excluding hydrogens is 829 g/mol. The lowest BCUT2D eigenvalue weighted by Crippen LogP contribution is -2.56. The lowest BCUT2D eigenvalue weighted by molar-refractivity contribution is -0.178. The zero-order valence-corrected chi connectivity index (χ0v) is 36.8. The van der Waals surface area contributed by atoms with Gasteiger partial charge in [-0.1, -0.05) is 133 Å². The molecule has 7 atom stereocenters. The lowest BCUT2D eigenvalue weighted by Gasteiger charge is -2.46. The second kappa shape index (κ2) is 19.1. The molecule has 3 heterocycles. The van der Waals surface area contributed by atoms with Gasteiger partial charge in [-0.05, 0) is 84.7 Å². The van der Waals surface area contributed by atoms with E-state index in [1.807, 2.05) is 121 Å². The number of rotatable bonds is 11. The van der Waals surface area contributed by atoms with Crippen LogP contribution in [0.1, 0.15) is 90.2 Å². The van der Waals surface area contributed by atoms with Gasteiger partial charge in [0.25, 0.3) is 0 Å². The van der Waals surface area contributed by atoms with Crippen LogP contribution in [0.2, 0.25) is 0 Å². The molecule has 3 aliphatic heterocycles. The van der Waals surface area contributed by atoms with Crippen LogP contribution < -0.4 is 20.3 Å². The van der Waals surface area contributed by atoms with E-state index >= 15 is 19.2 Å². The number of imide groups is 1. The molecule has 2 fully saturated rings. The number of para-hydroxylation sites is 1. The number of urea groups is 1. The van der Waals surface area contributed by atoms with Crippen molar-refractivity contribution in [3.8, 4) is 17.6 Å². The Morgan fingerprint density at radius 1 is 0.894 bits per heavy atom. The molecule has 5 aromatic carbocycles. The summed E-state index contributed by atoms with van der Waals surface area (Å²) in [5.41, 5.74) is 2.96. The van der Waals surface area contributed by atoms with Crippen LogP contribution in [0.25, 0.3) is 0 Å². The lowest BCUT2D eigenvalue weighted by atomic mass is 9.65. The molecule has 4 amide bonds. The Hall–Kier alpha value is -7.26. The van der Waals surface area contributed by atoms with Crippen molar-refractivity contribution >= 4 is 29.5 Å². The summed E-state index contributed by atoms with van der Waals surface area (Å²) in [6.07, 6.45) is 6.72. The number of allylic oxidation sites excluding steroid dienone is 2. The largest absolute Gasteiger partial charge is 0.491 e. The first kappa shape index (κ1) is 44.0. The maximum Gasteiger partial charge on any atom is 0.329 e. The Kier molecular flexibility index (Phi) is 12.7. The van der Waals surface area contributed by atoms with E-state index < -0.39 is 65.4 Å². The minimum atomic E-state index is -2.00. The van der Waals surface area contributed by atoms with Crippen molar-refractivity contribution in [3.05, 3.63) is 191 Å². The number of benzene rings is 5. The third kappa shape index (κ3) is 7.86. The van der Waals surface area contributed by atoms with E-state index in [0.717, 1.165) is 47.3 Å². The fraction of sp³-hybridized carbons (Fsp3) is 0.273. The van der Waals surface area contributed by atoms with E-state index in [4.69, 9.17) is 9.47 Å². The summed E-state index contributed by atoms with van der Waals surface area (Å²) in [5, 5.41) is 16.1. The molecule has 11 nitrogen and oxygen atoms in total. The Labute approximate surface area is 385 Å². The molecule has 0 radical (unpaired) electrons. The number of fused-ring (bicyclic) bond motifs is 3. The number of hydrogen-bond donors (Lipinski definition) is 3. The van der Waals surface area contributed by atoms with Gasteiger partial charge in [-0.25, -0.2) is 9.69 Å². The standard InChI is InChI=1S/C55H52N4O7/c1-3-32-56-51(61)46-48-52(62)66-49(41-24-14-7-15-25-41)47(40-22-12-6-13-23-40)59(48)50(42-26-16-17-27-45(42)65-34-33-60)55(46)43-35-38(29-28-37-18-8-4-9-19-37)30-31-44(43)58(53(55)63)54(64)57-36(2)39-20-10-5-11-21-39/h3,5-7,10-18,20-27,30-31,35-36,46-50,60H,1,4,8-9,19,32-34H2,2H3,(H,56,61)(H,57,64)/t36-,46-,47-,48-,49+,50+,55-/m1/s1. The maximum absolute atomic E-state index is 16.6. The number of ether oxygens (including phenoxy) is 2. The number of aliphatic hydroxyl groups excluding tert-OH is 1. The summed E-state index contributed by atoms with van der Waals surface area (Å²) < 4.78 is 12.9. The molecule has 1 spiro atoms. The summed E-state index contributed by atoms with van der Waals surface area (Å²) >= 11 is 0. The Morgan fingerprint density at radius 2 is 1.59 bits per heavy atom. The number of hydrogen-bond acceptors (Lipinski definition) is 8. The molecule has 5 aromatic rings. The van der Waals surface area contributed by atoms with Crippen LogP contribution >= 0.6 is 0 Å². The van der Waals surface area contributed by atoms with E-state index in [1.165, 1.54) is 6.08 Å². The van der Waals surface area contributed by atoms with Gasteiger partial charge >= 0.3 is 12.0 Å². The molecule has 0 aromatic heterocycles. The highest BCUT2D eigenvalue weighted by atomic mass is 16.6. The van der Waals surface area contributed by atoms with Gasteiger partial charge in [-0.3, -0.25) is 19.3 Å². The zero-order chi connectivity index (χ0) is 45.8. The highest BCUT2D eigenvalue weighted by Crippen LogP contribution is 2.66. The Bertz CT molecular complexity index is 2730. The highest BCUT2D eigenvalue weighted by molar-refractivity contribution is 6.24. The SMILES string of the molecule is C=CCNC(=O)[C@H]1[C@@H]2C(=O)O[C@@H](c3ccccc3)[C@@H](c3ccccc3)N2[C@@H](c2ccccc2OCCO)[C@]12C(=O)N(C(=O)N[C@H](C)c1ccccc1)c1ccc(C#CC3=CCCCC3)cc12. The predicted molar refractivity (Wildman–Crippen MR) is 251 cm³/mol. The number of cyclic esters (lactones) is 1. The third-order valence-electron chi connectivity index (χ3n) is 13.2. The van der Waals surface area contributed by atoms with Crippen LogP contribution in [0.4, 0.5) is 10.5 Å². The summed E-state index contributed by atoms with van der Waals surface area (Å²) in [6.45, 7) is 5.34. The average molecular weight is 881 g/mol. The molecule has 334 valence electrons. The van der Waals surface area contributed by atoms with Gasteiger partial charge in [-0.2, -0.15) is 0 Å². The Balaban J connectivity index is 1.35. The third-order valence-corrected chi connectivity index (χ3v) is 13.2. The zero-order valence-electron chi connectivity index (χ0n) is 36.8. The van der Waals surface area contributed by atoms with Crippen LogP contribution in [0.5, 0.6) is 5.75 Å². The van der Waals surface area contributed by atoms with Crippen molar-refractivity contribution in [3.63, 3.8) is 0 Å². The molecule has 0 unspecified atom stereocenters. The van der Waals surface area contributed by atoms with Crippen LogP contribution in [0.3, 0.4) is 0 Å². The summed E-state index contributed by atoms with van der Waals surface area (Å²) in [5.74, 6) is 3.54. The van der Waals surface area contributed by atoms with Gasteiger partial charge in [0.15, 0.2) is 0 Å². The van der Waals surface area contributed by atoms with Crippen LogP contribution in [-0.4, -0.2) is 59.6 Å². The van der Waals surface area contributed by atoms with E-state index in [-0.39, 0.29) is 25.4 Å². The van der Waals surface area contributed by atoms with Crippen LogP contribution in [-0.2, 0) is 24.5 Å². The molecule has 2 saturated heterocycles. The maximum atomic E-state index is 16.6. The summed E-state index contributed by atoms with van der Waals surface area (Å²) in [6, 6.07) is 36.4. The van der Waals surface area contributed by atoms with Crippen molar-refractivity contribution in [2.75, 3.05) is 24.7 Å². The van der Waals surface area contributed by atoms with E-state index in [1.54, 1.807) is 24.3 Å². The van der Waals surface area contributed by atoms with Gasteiger partial charge in [0.05, 0.1) is 36.3 Å². The van der Waals surface area contributed by atoms with Crippen molar-refractivity contribution in [1.29, 1.82) is 0 Å². The molecule has 11 heteroatoms. The first-order valence-corrected chi connectivity index (χ1v) is 22.6. The van der Waals surface area contributed by atoms with E-state index in [0.29, 0.717) is 28.0 Å². The molecule has 0 saturated carbocycles. The molecule has 4 aliphatic rings. The first-order chi connectivity index (χ1) is 32.3. The van der Waals surface area contributed by atoms with Crippen LogP contribution in [0.15, 0.2) is 158 Å². The number of nitrogens with zero attached hydrogens (tertiary/aromatic N) is 2. The number of nitrogens with one attached hydrogen (secondary N) is 2. The van der Waals surface area contributed by atoms with Crippen molar-refractivity contribution < 1.29 is 33.8 Å². The molecule has 9 rings (SSSR count). The molecule has 3 N–H and O–H groups in total. The van der Waals surface area contributed by atoms with Crippen molar-refractivity contribution in [2.45, 2.75) is 68.3 Å². The second-order valence-corrected chi connectivity index (χ2v) is 17.1. The monoisotopic (exact) mass is 880 g/mol. The topological polar surface area (TPSA) is 138 Å². The molecule has 66 heavy (non-hydrogen) atoms. The number of carbonyl (C=O) groups excluding carboxylic acids is 4. The van der Waals surface area contributed by atoms with Gasteiger partial charge in [0.1, 0.15) is 29.9 Å². The normalized spacial score (nSPS) is 23.6. The molecule has 1 aliphatic carbocycles. The number of amides is 4. The molecule has 0 bridgehead atoms. The molecular formula is C55H52N4O7. The highest BCUT2D eigenvalue weighted by Gasteiger charge is 2.76. The van der Waals surface area contributed by atoms with Crippen molar-refractivity contribution in [1.82, 2.24) is 15.5 Å². The van der Waals surface area contributed by atoms with E-state index in [2.05, 4.69) is 35.1 Å². The summed E-state index contributed by atoms with van der Waals surface area (Å²) in [4.78, 5) is 65.5. The number of esters is 1. The van der Waals surface area contributed by atoms with Gasteiger partial charge in [0.2, 0.25) is 11.8 Å². The first-order valence-electron chi connectivity index (χ1n) is 22.6. The van der Waals surface area contributed by atoms with Crippen LogP contribution in [0, 0.1) is 17.8 Å². The van der Waals surface area contributed by atoms with E-state index in [9.17, 15) is 5.11 Å². The van der Waals surface area contributed by atoms with Gasteiger partial charge in [-0.15, -0.1) is 6.58 Å². The predicted octanol–water partition coefficient (Wildman–Crippen LogP) is 8.35. The van der Waals surface area contributed by atoms with Crippen molar-refractivity contribution in [2.24, 2.45) is 5.92 Å². The fourth-order valence-corrected chi connectivity index (χ4v) is 10.4. The number of morpholine rings is 1. The fourth-order valence-electron chi connectivity index (χ4n) is 10.4. The van der Waals surface area contributed by atoms with Gasteiger partial charge < -0.3 is 25.2 Å². The number of aliphatic hydroxyl groups is 1. The smallest absolute Gasteiger partial charge is 0.329 e.